The summed E-state index contributed by atoms with van der Waals surface area (Å²) in [5, 5.41) is 2.07. The lowest BCUT2D eigenvalue weighted by atomic mass is 10.1. The average molecular weight is 212 g/mol. The first kappa shape index (κ1) is 9.09. The Balaban J connectivity index is 1.93. The van der Waals surface area contributed by atoms with Gasteiger partial charge < -0.3 is 9.84 Å². The molecular weight excluding hydrogens is 200 g/mol. The number of hydrogen-bond donors (Lipinski definition) is 1. The highest BCUT2D eigenvalue weighted by Crippen LogP contribution is 2.29. The standard InChI is InChI=1S/C13H12N2O/c1-2-4-11(5-3-1)13-6-8-14-15(13)12-7-9-16-10-12/h1-10,13-14H. The Kier molecular flexibility index (Phi) is 2.14. The van der Waals surface area contributed by atoms with Gasteiger partial charge in [-0.3, -0.25) is 5.01 Å². The van der Waals surface area contributed by atoms with Crippen molar-refractivity contribution >= 4 is 5.69 Å². The van der Waals surface area contributed by atoms with Crippen LogP contribution in [-0.2, 0) is 0 Å². The molecule has 16 heavy (non-hydrogen) atoms. The maximum atomic E-state index is 5.10. The van der Waals surface area contributed by atoms with Crippen LogP contribution in [0.3, 0.4) is 0 Å². The zero-order valence-corrected chi connectivity index (χ0v) is 8.71. The highest BCUT2D eigenvalue weighted by atomic mass is 16.3. The van der Waals surface area contributed by atoms with Crippen molar-refractivity contribution in [2.45, 2.75) is 6.04 Å². The van der Waals surface area contributed by atoms with E-state index in [1.807, 2.05) is 18.3 Å². The van der Waals surface area contributed by atoms with E-state index in [9.17, 15) is 0 Å². The predicted octanol–water partition coefficient (Wildman–Crippen LogP) is 2.86. The van der Waals surface area contributed by atoms with E-state index in [0.29, 0.717) is 0 Å². The molecule has 0 bridgehead atoms. The normalized spacial score (nSPS) is 18.8. The Morgan fingerprint density at radius 3 is 2.75 bits per heavy atom. The van der Waals surface area contributed by atoms with Crippen LogP contribution in [0.4, 0.5) is 5.69 Å². The summed E-state index contributed by atoms with van der Waals surface area (Å²) in [6.45, 7) is 0. The van der Waals surface area contributed by atoms with Crippen molar-refractivity contribution < 1.29 is 4.42 Å². The molecule has 1 atom stereocenters. The third-order valence-corrected chi connectivity index (χ3v) is 2.70. The number of nitrogens with one attached hydrogen (secondary N) is 1. The minimum Gasteiger partial charge on any atom is -0.470 e. The number of hydrogen-bond acceptors (Lipinski definition) is 3. The van der Waals surface area contributed by atoms with Crippen LogP contribution in [0.2, 0.25) is 0 Å². The SMILES string of the molecule is C1=CC(c2ccccc2)N(c2ccoc2)N1. The van der Waals surface area contributed by atoms with E-state index in [4.69, 9.17) is 4.42 Å². The number of anilines is 1. The van der Waals surface area contributed by atoms with Crippen molar-refractivity contribution in [3.05, 3.63) is 66.8 Å². The fraction of sp³-hybridized carbons (Fsp3) is 0.0769. The molecule has 0 amide bonds. The van der Waals surface area contributed by atoms with Gasteiger partial charge >= 0.3 is 0 Å². The van der Waals surface area contributed by atoms with Gasteiger partial charge in [-0.2, -0.15) is 0 Å². The highest BCUT2D eigenvalue weighted by molar-refractivity contribution is 5.48. The summed E-state index contributed by atoms with van der Waals surface area (Å²) >= 11 is 0. The van der Waals surface area contributed by atoms with Gasteiger partial charge in [0.15, 0.2) is 0 Å². The molecule has 3 nitrogen and oxygen atoms in total. The smallest absolute Gasteiger partial charge is 0.115 e. The summed E-state index contributed by atoms with van der Waals surface area (Å²) in [7, 11) is 0. The summed E-state index contributed by atoms with van der Waals surface area (Å²) in [6, 6.07) is 12.5. The second kappa shape index (κ2) is 3.77. The summed E-state index contributed by atoms with van der Waals surface area (Å²) in [4.78, 5) is 0. The molecule has 2 heterocycles. The Morgan fingerprint density at radius 1 is 1.12 bits per heavy atom. The minimum atomic E-state index is 0.221. The van der Waals surface area contributed by atoms with Gasteiger partial charge in [-0.25, -0.2) is 0 Å². The highest BCUT2D eigenvalue weighted by Gasteiger charge is 2.22. The zero-order chi connectivity index (χ0) is 10.8. The molecule has 1 aliphatic heterocycles. The largest absolute Gasteiger partial charge is 0.470 e. The van der Waals surface area contributed by atoms with Gasteiger partial charge in [-0.1, -0.05) is 30.3 Å². The topological polar surface area (TPSA) is 28.4 Å². The Labute approximate surface area is 94.0 Å². The summed E-state index contributed by atoms with van der Waals surface area (Å²) < 4.78 is 5.10. The van der Waals surface area contributed by atoms with Gasteiger partial charge in [0.2, 0.25) is 0 Å². The zero-order valence-electron chi connectivity index (χ0n) is 8.71. The maximum absolute atomic E-state index is 5.10. The average Bonchev–Trinajstić information content (AvgIpc) is 3.01. The van der Waals surface area contributed by atoms with Crippen molar-refractivity contribution in [1.29, 1.82) is 0 Å². The van der Waals surface area contributed by atoms with Crippen LogP contribution < -0.4 is 10.4 Å². The van der Waals surface area contributed by atoms with Gasteiger partial charge in [-0.15, -0.1) is 0 Å². The van der Waals surface area contributed by atoms with Crippen LogP contribution in [0.5, 0.6) is 0 Å². The predicted molar refractivity (Wildman–Crippen MR) is 62.6 cm³/mol. The van der Waals surface area contributed by atoms with E-state index in [1.54, 1.807) is 12.5 Å². The molecule has 0 fully saturated rings. The Hall–Kier alpha value is -2.16. The molecule has 80 valence electrons. The first-order chi connectivity index (χ1) is 7.95. The van der Waals surface area contributed by atoms with Crippen LogP contribution in [0.1, 0.15) is 11.6 Å². The van der Waals surface area contributed by atoms with Crippen LogP contribution >= 0.6 is 0 Å². The van der Waals surface area contributed by atoms with Crippen LogP contribution in [0.25, 0.3) is 0 Å². The number of rotatable bonds is 2. The van der Waals surface area contributed by atoms with Gasteiger partial charge in [0.05, 0.1) is 18.0 Å². The molecular formula is C13H12N2O. The van der Waals surface area contributed by atoms with Crippen molar-refractivity contribution in [3.63, 3.8) is 0 Å². The Morgan fingerprint density at radius 2 is 2.00 bits per heavy atom. The third kappa shape index (κ3) is 1.46. The minimum absolute atomic E-state index is 0.221. The van der Waals surface area contributed by atoms with E-state index in [2.05, 4.69) is 40.8 Å². The quantitative estimate of drug-likeness (QED) is 0.829. The third-order valence-electron chi connectivity index (χ3n) is 2.70. The molecule has 1 aromatic carbocycles. The van der Waals surface area contributed by atoms with Crippen LogP contribution in [-0.4, -0.2) is 0 Å². The molecule has 1 unspecified atom stereocenters. The number of furan rings is 1. The van der Waals surface area contributed by atoms with Crippen LogP contribution in [0.15, 0.2) is 65.6 Å². The van der Waals surface area contributed by atoms with Gasteiger partial charge in [0.25, 0.3) is 0 Å². The molecule has 3 rings (SSSR count). The molecule has 1 aromatic heterocycles. The molecule has 0 spiro atoms. The summed E-state index contributed by atoms with van der Waals surface area (Å²) in [6.07, 6.45) is 7.49. The van der Waals surface area contributed by atoms with Crippen molar-refractivity contribution in [2.75, 3.05) is 5.01 Å². The molecule has 0 saturated carbocycles. The van der Waals surface area contributed by atoms with Gasteiger partial charge in [0, 0.05) is 12.3 Å². The monoisotopic (exact) mass is 212 g/mol. The number of benzene rings is 1. The van der Waals surface area contributed by atoms with Gasteiger partial charge in [0.1, 0.15) is 6.26 Å². The maximum Gasteiger partial charge on any atom is 0.115 e. The van der Waals surface area contributed by atoms with Gasteiger partial charge in [-0.05, 0) is 11.6 Å². The van der Waals surface area contributed by atoms with Crippen molar-refractivity contribution in [3.8, 4) is 0 Å². The van der Waals surface area contributed by atoms with Crippen molar-refractivity contribution in [1.82, 2.24) is 5.43 Å². The molecule has 2 aromatic rings. The number of nitrogens with zero attached hydrogens (tertiary/aromatic N) is 1. The first-order valence-corrected chi connectivity index (χ1v) is 5.24. The lowest BCUT2D eigenvalue weighted by Gasteiger charge is -2.25. The van der Waals surface area contributed by atoms with Crippen molar-refractivity contribution in [2.24, 2.45) is 0 Å². The fourth-order valence-corrected chi connectivity index (χ4v) is 1.92. The van der Waals surface area contributed by atoms with E-state index >= 15 is 0 Å². The second-order valence-corrected chi connectivity index (χ2v) is 3.70. The summed E-state index contributed by atoms with van der Waals surface area (Å²) in [5.41, 5.74) is 5.48. The molecule has 1 aliphatic rings. The molecule has 3 heteroatoms. The van der Waals surface area contributed by atoms with E-state index < -0.39 is 0 Å². The van der Waals surface area contributed by atoms with E-state index in [-0.39, 0.29) is 6.04 Å². The lowest BCUT2D eigenvalue weighted by molar-refractivity contribution is 0.564. The molecule has 0 radical (unpaired) electrons. The molecule has 0 saturated heterocycles. The molecule has 0 aliphatic carbocycles. The lowest BCUT2D eigenvalue weighted by Crippen LogP contribution is -2.31. The fourth-order valence-electron chi connectivity index (χ4n) is 1.92. The number of hydrazine groups is 1. The summed E-state index contributed by atoms with van der Waals surface area (Å²) in [5.74, 6) is 0. The van der Waals surface area contributed by atoms with Crippen LogP contribution in [0, 0.1) is 0 Å². The van der Waals surface area contributed by atoms with E-state index in [1.165, 1.54) is 5.56 Å². The first-order valence-electron chi connectivity index (χ1n) is 5.24. The Bertz CT molecular complexity index is 476. The van der Waals surface area contributed by atoms with E-state index in [0.717, 1.165) is 5.69 Å². The molecule has 1 N–H and O–H groups in total. The second-order valence-electron chi connectivity index (χ2n) is 3.70.